The lowest BCUT2D eigenvalue weighted by Crippen LogP contribution is -2.48. The van der Waals surface area contributed by atoms with Crippen molar-refractivity contribution in [2.45, 2.75) is 37.8 Å². The summed E-state index contributed by atoms with van der Waals surface area (Å²) in [5.41, 5.74) is 0.546. The van der Waals surface area contributed by atoms with Crippen molar-refractivity contribution in [3.05, 3.63) is 23.5 Å². The second-order valence-corrected chi connectivity index (χ2v) is 5.85. The van der Waals surface area contributed by atoms with E-state index in [4.69, 9.17) is 11.6 Å². The van der Waals surface area contributed by atoms with Crippen LogP contribution >= 0.6 is 11.6 Å². The Balaban J connectivity index is 1.53. The largest absolute Gasteiger partial charge is 0.335 e. The minimum Gasteiger partial charge on any atom is -0.335 e. The zero-order chi connectivity index (χ0) is 13.9. The number of amides is 2. The molecule has 0 aromatic carbocycles. The lowest BCUT2D eigenvalue weighted by atomic mass is 9.98. The number of nitrogens with zero attached hydrogens (tertiary/aromatic N) is 2. The van der Waals surface area contributed by atoms with Gasteiger partial charge in [-0.1, -0.05) is 11.6 Å². The molecule has 2 saturated heterocycles. The van der Waals surface area contributed by atoms with E-state index < -0.39 is 0 Å². The van der Waals surface area contributed by atoms with E-state index in [-0.39, 0.29) is 12.1 Å². The summed E-state index contributed by atoms with van der Waals surface area (Å²) in [6.07, 6.45) is 6.21. The van der Waals surface area contributed by atoms with E-state index in [1.165, 1.54) is 19.4 Å². The number of fused-ring (bicyclic) bond motifs is 1. The maximum Gasteiger partial charge on any atom is 0.319 e. The van der Waals surface area contributed by atoms with Gasteiger partial charge in [-0.25, -0.2) is 9.78 Å². The van der Waals surface area contributed by atoms with Crippen LogP contribution in [0.4, 0.5) is 10.5 Å². The number of aromatic nitrogens is 1. The molecule has 1 aromatic rings. The lowest BCUT2D eigenvalue weighted by Gasteiger charge is -2.35. The van der Waals surface area contributed by atoms with Crippen LogP contribution in [0.5, 0.6) is 0 Å². The van der Waals surface area contributed by atoms with Gasteiger partial charge >= 0.3 is 6.03 Å². The van der Waals surface area contributed by atoms with Gasteiger partial charge in [-0.2, -0.15) is 0 Å². The Morgan fingerprint density at radius 3 is 3.15 bits per heavy atom. The first-order valence-corrected chi connectivity index (χ1v) is 7.52. The van der Waals surface area contributed by atoms with E-state index in [0.29, 0.717) is 16.9 Å². The van der Waals surface area contributed by atoms with Gasteiger partial charge in [0.15, 0.2) is 5.15 Å². The molecular formula is C14H19ClN4O. The first-order valence-electron chi connectivity index (χ1n) is 7.14. The first-order chi connectivity index (χ1) is 9.72. The SMILES string of the molecule is O=C(Nc1cccnc1Cl)NC1CCN2CCCC2C1. The van der Waals surface area contributed by atoms with Gasteiger partial charge in [0.1, 0.15) is 0 Å². The maximum absolute atomic E-state index is 12.0. The molecule has 2 fully saturated rings. The molecule has 0 bridgehead atoms. The third kappa shape index (κ3) is 3.04. The summed E-state index contributed by atoms with van der Waals surface area (Å²) in [7, 11) is 0. The Kier molecular flexibility index (Phi) is 4.08. The number of carbonyl (C=O) groups is 1. The number of carbonyl (C=O) groups excluding carboxylic acids is 1. The molecule has 2 N–H and O–H groups in total. The first kappa shape index (κ1) is 13.6. The molecule has 0 radical (unpaired) electrons. The maximum atomic E-state index is 12.0. The van der Waals surface area contributed by atoms with Crippen LogP contribution in [0.1, 0.15) is 25.7 Å². The van der Waals surface area contributed by atoms with Gasteiger partial charge < -0.3 is 15.5 Å². The van der Waals surface area contributed by atoms with Gasteiger partial charge in [-0.3, -0.25) is 0 Å². The number of anilines is 1. The molecule has 2 unspecified atom stereocenters. The molecule has 0 saturated carbocycles. The fraction of sp³-hybridized carbons (Fsp3) is 0.571. The molecule has 0 spiro atoms. The third-order valence-electron chi connectivity index (χ3n) is 4.16. The predicted octanol–water partition coefficient (Wildman–Crippen LogP) is 2.48. The molecule has 3 rings (SSSR count). The molecule has 0 aliphatic carbocycles. The van der Waals surface area contributed by atoms with E-state index >= 15 is 0 Å². The van der Waals surface area contributed by atoms with Crippen molar-refractivity contribution < 1.29 is 4.79 Å². The van der Waals surface area contributed by atoms with Crippen LogP contribution in [0.3, 0.4) is 0 Å². The highest BCUT2D eigenvalue weighted by molar-refractivity contribution is 6.32. The number of rotatable bonds is 2. The molecule has 2 amide bonds. The number of hydrogen-bond acceptors (Lipinski definition) is 3. The van der Waals surface area contributed by atoms with Gasteiger partial charge in [0.05, 0.1) is 5.69 Å². The smallest absolute Gasteiger partial charge is 0.319 e. The highest BCUT2D eigenvalue weighted by atomic mass is 35.5. The summed E-state index contributed by atoms with van der Waals surface area (Å²) >= 11 is 5.92. The molecule has 108 valence electrons. The van der Waals surface area contributed by atoms with Gasteiger partial charge in [-0.05, 0) is 44.4 Å². The Morgan fingerprint density at radius 1 is 1.40 bits per heavy atom. The third-order valence-corrected chi connectivity index (χ3v) is 4.46. The summed E-state index contributed by atoms with van der Waals surface area (Å²) < 4.78 is 0. The van der Waals surface area contributed by atoms with Crippen LogP contribution in [-0.4, -0.2) is 41.1 Å². The number of urea groups is 1. The van der Waals surface area contributed by atoms with E-state index in [0.717, 1.165) is 19.4 Å². The number of piperidine rings is 1. The molecule has 2 atom stereocenters. The van der Waals surface area contributed by atoms with Crippen molar-refractivity contribution in [3.63, 3.8) is 0 Å². The van der Waals surface area contributed by atoms with Gasteiger partial charge in [0.25, 0.3) is 0 Å². The van der Waals surface area contributed by atoms with Crippen molar-refractivity contribution in [1.29, 1.82) is 0 Å². The molecule has 5 nitrogen and oxygen atoms in total. The van der Waals surface area contributed by atoms with Crippen molar-refractivity contribution >= 4 is 23.3 Å². The van der Waals surface area contributed by atoms with Gasteiger partial charge in [-0.15, -0.1) is 0 Å². The van der Waals surface area contributed by atoms with E-state index in [1.807, 2.05) is 0 Å². The Morgan fingerprint density at radius 2 is 2.30 bits per heavy atom. The minimum atomic E-state index is -0.198. The highest BCUT2D eigenvalue weighted by Crippen LogP contribution is 2.27. The highest BCUT2D eigenvalue weighted by Gasteiger charge is 2.32. The summed E-state index contributed by atoms with van der Waals surface area (Å²) in [6.45, 7) is 2.30. The second-order valence-electron chi connectivity index (χ2n) is 5.49. The molecule has 20 heavy (non-hydrogen) atoms. The standard InChI is InChI=1S/C14H19ClN4O/c15-13-12(4-1-6-16-13)18-14(20)17-10-5-8-19-7-2-3-11(19)9-10/h1,4,6,10-11H,2-3,5,7-9H2,(H2,17,18,20). The number of nitrogens with one attached hydrogen (secondary N) is 2. The van der Waals surface area contributed by atoms with Crippen LogP contribution in [-0.2, 0) is 0 Å². The summed E-state index contributed by atoms with van der Waals surface area (Å²) in [6, 6.07) is 4.20. The van der Waals surface area contributed by atoms with Crippen LogP contribution in [0.15, 0.2) is 18.3 Å². The molecule has 2 aliphatic rings. The van der Waals surface area contributed by atoms with Gasteiger partial charge in [0.2, 0.25) is 0 Å². The van der Waals surface area contributed by atoms with Gasteiger partial charge in [0, 0.05) is 24.8 Å². The Bertz CT molecular complexity index is 496. The summed E-state index contributed by atoms with van der Waals surface area (Å²) in [4.78, 5) is 18.5. The van der Waals surface area contributed by atoms with Crippen molar-refractivity contribution in [2.24, 2.45) is 0 Å². The number of pyridine rings is 1. The van der Waals surface area contributed by atoms with Crippen LogP contribution in [0, 0.1) is 0 Å². The van der Waals surface area contributed by atoms with Crippen molar-refractivity contribution in [2.75, 3.05) is 18.4 Å². The summed E-state index contributed by atoms with van der Waals surface area (Å²) in [5.74, 6) is 0. The number of halogens is 1. The fourth-order valence-corrected chi connectivity index (χ4v) is 3.35. The zero-order valence-electron chi connectivity index (χ0n) is 11.3. The predicted molar refractivity (Wildman–Crippen MR) is 79.0 cm³/mol. The average Bonchev–Trinajstić information content (AvgIpc) is 2.89. The van der Waals surface area contributed by atoms with E-state index in [1.54, 1.807) is 18.3 Å². The van der Waals surface area contributed by atoms with Crippen LogP contribution < -0.4 is 10.6 Å². The Labute approximate surface area is 123 Å². The zero-order valence-corrected chi connectivity index (χ0v) is 12.1. The molecule has 1 aromatic heterocycles. The molecule has 2 aliphatic heterocycles. The Hall–Kier alpha value is -1.33. The quantitative estimate of drug-likeness (QED) is 0.824. The summed E-state index contributed by atoms with van der Waals surface area (Å²) in [5, 5.41) is 6.12. The molecular weight excluding hydrogens is 276 g/mol. The van der Waals surface area contributed by atoms with Crippen LogP contribution in [0.2, 0.25) is 5.15 Å². The minimum absolute atomic E-state index is 0.198. The fourth-order valence-electron chi connectivity index (χ4n) is 3.18. The van der Waals surface area contributed by atoms with Crippen LogP contribution in [0.25, 0.3) is 0 Å². The van der Waals surface area contributed by atoms with Crippen molar-refractivity contribution in [3.8, 4) is 0 Å². The lowest BCUT2D eigenvalue weighted by molar-refractivity contribution is 0.168. The average molecular weight is 295 g/mol. The number of hydrogen-bond donors (Lipinski definition) is 2. The molecule has 6 heteroatoms. The van der Waals surface area contributed by atoms with Crippen molar-refractivity contribution in [1.82, 2.24) is 15.2 Å². The normalized spacial score (nSPS) is 26.1. The second kappa shape index (κ2) is 5.97. The molecule has 3 heterocycles. The van der Waals surface area contributed by atoms with E-state index in [9.17, 15) is 4.79 Å². The van der Waals surface area contributed by atoms with E-state index in [2.05, 4.69) is 20.5 Å². The monoisotopic (exact) mass is 294 g/mol. The topological polar surface area (TPSA) is 57.3 Å².